The molecule has 2 fully saturated rings. The minimum Gasteiger partial charge on any atom is -0.344 e. The van der Waals surface area contributed by atoms with E-state index < -0.39 is 0 Å². The average molecular weight is 292 g/mol. The number of rotatable bonds is 4. The molecule has 0 amide bonds. The van der Waals surface area contributed by atoms with Crippen LogP contribution in [0.25, 0.3) is 0 Å². The van der Waals surface area contributed by atoms with Gasteiger partial charge in [-0.15, -0.1) is 0 Å². The summed E-state index contributed by atoms with van der Waals surface area (Å²) in [7, 11) is 0. The lowest BCUT2D eigenvalue weighted by molar-refractivity contribution is 0.181. The highest BCUT2D eigenvalue weighted by atomic mass is 32.2. The van der Waals surface area contributed by atoms with E-state index >= 15 is 0 Å². The third-order valence-electron chi connectivity index (χ3n) is 4.01. The Balaban J connectivity index is 1.60. The largest absolute Gasteiger partial charge is 0.344 e. The molecule has 3 rings (SSSR count). The first-order chi connectivity index (χ1) is 9.33. The van der Waals surface area contributed by atoms with Crippen LogP contribution in [0.4, 0.5) is 0 Å². The van der Waals surface area contributed by atoms with Crippen molar-refractivity contribution in [1.29, 1.82) is 0 Å². The van der Waals surface area contributed by atoms with Crippen molar-refractivity contribution in [3.05, 3.63) is 35.9 Å². The lowest BCUT2D eigenvalue weighted by Crippen LogP contribution is -2.41. The molecule has 102 valence electrons. The van der Waals surface area contributed by atoms with E-state index in [1.54, 1.807) is 0 Å². The number of benzene rings is 1. The quantitative estimate of drug-likeness (QED) is 0.787. The molecule has 1 aromatic rings. The maximum atomic E-state index is 5.41. The van der Waals surface area contributed by atoms with Gasteiger partial charge in [0.05, 0.1) is 6.67 Å². The second-order valence-corrected chi connectivity index (χ2v) is 7.05. The zero-order chi connectivity index (χ0) is 13.1. The first kappa shape index (κ1) is 13.4. The molecular formula is C15H20N2S2. The summed E-state index contributed by atoms with van der Waals surface area (Å²) in [6, 6.07) is 11.5. The maximum Gasteiger partial charge on any atom is 0.137 e. The average Bonchev–Trinajstić information content (AvgIpc) is 3.02. The standard InChI is InChI=1S/C15H20N2S2/c18-15-17(9-10-19-15)12-16-8-4-7-14(16)11-13-5-2-1-3-6-13/h1-3,5-6,14H,4,7-12H2. The Morgan fingerprint density at radius 3 is 2.79 bits per heavy atom. The molecule has 4 heteroatoms. The maximum absolute atomic E-state index is 5.41. The Hall–Kier alpha value is -0.580. The van der Waals surface area contributed by atoms with Gasteiger partial charge in [0.15, 0.2) is 0 Å². The van der Waals surface area contributed by atoms with E-state index in [4.69, 9.17) is 12.2 Å². The zero-order valence-electron chi connectivity index (χ0n) is 11.1. The molecule has 0 bridgehead atoms. The molecule has 1 unspecified atom stereocenters. The van der Waals surface area contributed by atoms with Gasteiger partial charge in [-0.05, 0) is 24.8 Å². The monoisotopic (exact) mass is 292 g/mol. The summed E-state index contributed by atoms with van der Waals surface area (Å²) >= 11 is 7.23. The summed E-state index contributed by atoms with van der Waals surface area (Å²) in [5.41, 5.74) is 1.46. The van der Waals surface area contributed by atoms with Crippen LogP contribution in [-0.2, 0) is 6.42 Å². The second kappa shape index (κ2) is 6.25. The molecule has 0 spiro atoms. The van der Waals surface area contributed by atoms with Crippen LogP contribution < -0.4 is 0 Å². The van der Waals surface area contributed by atoms with Crippen LogP contribution in [0.3, 0.4) is 0 Å². The summed E-state index contributed by atoms with van der Waals surface area (Å²) in [5.74, 6) is 1.16. The summed E-state index contributed by atoms with van der Waals surface area (Å²) in [6.07, 6.45) is 3.82. The van der Waals surface area contributed by atoms with E-state index in [2.05, 4.69) is 40.1 Å². The van der Waals surface area contributed by atoms with Gasteiger partial charge < -0.3 is 4.90 Å². The Kier molecular flexibility index (Phi) is 4.41. The van der Waals surface area contributed by atoms with Crippen molar-refractivity contribution in [2.75, 3.05) is 25.5 Å². The van der Waals surface area contributed by atoms with Gasteiger partial charge in [-0.3, -0.25) is 4.90 Å². The van der Waals surface area contributed by atoms with Gasteiger partial charge in [0, 0.05) is 24.9 Å². The van der Waals surface area contributed by atoms with Crippen LogP contribution in [0.5, 0.6) is 0 Å². The van der Waals surface area contributed by atoms with E-state index in [0.29, 0.717) is 6.04 Å². The van der Waals surface area contributed by atoms with Crippen molar-refractivity contribution in [2.45, 2.75) is 25.3 Å². The molecule has 0 saturated carbocycles. The van der Waals surface area contributed by atoms with Crippen molar-refractivity contribution in [3.8, 4) is 0 Å². The highest BCUT2D eigenvalue weighted by Gasteiger charge is 2.28. The zero-order valence-corrected chi connectivity index (χ0v) is 12.8. The fraction of sp³-hybridized carbons (Fsp3) is 0.533. The Labute approximate surface area is 125 Å². The molecular weight excluding hydrogens is 272 g/mol. The number of nitrogens with zero attached hydrogens (tertiary/aromatic N) is 2. The van der Waals surface area contributed by atoms with Gasteiger partial charge in [-0.1, -0.05) is 54.3 Å². The number of hydrogen-bond donors (Lipinski definition) is 0. The second-order valence-electron chi connectivity index (χ2n) is 5.32. The van der Waals surface area contributed by atoms with Crippen LogP contribution in [-0.4, -0.2) is 45.7 Å². The molecule has 2 aliphatic rings. The van der Waals surface area contributed by atoms with Crippen LogP contribution in [0.1, 0.15) is 18.4 Å². The molecule has 0 radical (unpaired) electrons. The molecule has 2 saturated heterocycles. The fourth-order valence-electron chi connectivity index (χ4n) is 2.97. The SMILES string of the molecule is S=C1SCCN1CN1CCCC1Cc1ccccc1. The molecule has 1 aromatic carbocycles. The Morgan fingerprint density at radius 2 is 2.05 bits per heavy atom. The molecule has 2 nitrogen and oxygen atoms in total. The van der Waals surface area contributed by atoms with E-state index in [0.717, 1.165) is 23.3 Å². The van der Waals surface area contributed by atoms with Crippen molar-refractivity contribution in [2.24, 2.45) is 0 Å². The summed E-state index contributed by atoms with van der Waals surface area (Å²) in [5, 5.41) is 0. The van der Waals surface area contributed by atoms with Crippen molar-refractivity contribution in [3.63, 3.8) is 0 Å². The first-order valence-corrected chi connectivity index (χ1v) is 8.42. The molecule has 2 aliphatic heterocycles. The lowest BCUT2D eigenvalue weighted by atomic mass is 10.0. The van der Waals surface area contributed by atoms with Crippen molar-refractivity contribution in [1.82, 2.24) is 9.80 Å². The molecule has 1 atom stereocenters. The third kappa shape index (κ3) is 3.30. The fourth-order valence-corrected chi connectivity index (χ4v) is 4.19. The molecule has 0 N–H and O–H groups in total. The van der Waals surface area contributed by atoms with Crippen LogP contribution in [0.15, 0.2) is 30.3 Å². The minimum absolute atomic E-state index is 0.691. The van der Waals surface area contributed by atoms with E-state index in [1.165, 1.54) is 31.4 Å². The number of thiocarbonyl (C=S) groups is 1. The highest BCUT2D eigenvalue weighted by molar-refractivity contribution is 8.23. The topological polar surface area (TPSA) is 6.48 Å². The number of likely N-dealkylation sites (tertiary alicyclic amines) is 1. The van der Waals surface area contributed by atoms with Gasteiger partial charge in [0.25, 0.3) is 0 Å². The van der Waals surface area contributed by atoms with Crippen molar-refractivity contribution < 1.29 is 0 Å². The summed E-state index contributed by atoms with van der Waals surface area (Å²) in [4.78, 5) is 4.98. The van der Waals surface area contributed by atoms with Gasteiger partial charge in [0.2, 0.25) is 0 Å². The van der Waals surface area contributed by atoms with E-state index in [1.807, 2.05) is 11.8 Å². The normalized spacial score (nSPS) is 24.3. The number of thioether (sulfide) groups is 1. The highest BCUT2D eigenvalue weighted by Crippen LogP contribution is 2.24. The summed E-state index contributed by atoms with van der Waals surface area (Å²) in [6.45, 7) is 3.38. The van der Waals surface area contributed by atoms with Crippen LogP contribution >= 0.6 is 24.0 Å². The third-order valence-corrected chi connectivity index (χ3v) is 5.51. The molecule has 0 aromatic heterocycles. The molecule has 2 heterocycles. The predicted molar refractivity (Wildman–Crippen MR) is 86.5 cm³/mol. The Morgan fingerprint density at radius 1 is 1.21 bits per heavy atom. The Bertz CT molecular complexity index is 435. The van der Waals surface area contributed by atoms with Gasteiger partial charge in [0.1, 0.15) is 4.32 Å². The minimum atomic E-state index is 0.691. The molecule has 0 aliphatic carbocycles. The van der Waals surface area contributed by atoms with Gasteiger partial charge in [-0.25, -0.2) is 0 Å². The lowest BCUT2D eigenvalue weighted by Gasteiger charge is -2.29. The van der Waals surface area contributed by atoms with E-state index in [9.17, 15) is 0 Å². The predicted octanol–water partition coefficient (Wildman–Crippen LogP) is 2.98. The van der Waals surface area contributed by atoms with Crippen LogP contribution in [0.2, 0.25) is 0 Å². The van der Waals surface area contributed by atoms with Gasteiger partial charge in [-0.2, -0.15) is 0 Å². The molecule has 19 heavy (non-hydrogen) atoms. The summed E-state index contributed by atoms with van der Waals surface area (Å²) < 4.78 is 1.09. The van der Waals surface area contributed by atoms with E-state index in [-0.39, 0.29) is 0 Å². The van der Waals surface area contributed by atoms with Crippen molar-refractivity contribution >= 4 is 28.3 Å². The van der Waals surface area contributed by atoms with Crippen LogP contribution in [0, 0.1) is 0 Å². The number of hydrogen-bond acceptors (Lipinski definition) is 3. The smallest absolute Gasteiger partial charge is 0.137 e. The first-order valence-electron chi connectivity index (χ1n) is 7.02. The van der Waals surface area contributed by atoms with Gasteiger partial charge >= 0.3 is 0 Å².